The summed E-state index contributed by atoms with van der Waals surface area (Å²) in [7, 11) is -10.8. The van der Waals surface area contributed by atoms with E-state index in [4.69, 9.17) is 9.15 Å². The van der Waals surface area contributed by atoms with Crippen molar-refractivity contribution in [2.75, 3.05) is 20.1 Å². The number of rotatable bonds is 8. The van der Waals surface area contributed by atoms with E-state index < -0.39 is 30.3 Å². The Morgan fingerprint density at radius 2 is 1.29 bits per heavy atom. The fraction of sp³-hybridized carbons (Fsp3) is 0.162. The molecule has 2 aliphatic heterocycles. The van der Waals surface area contributed by atoms with Crippen LogP contribution in [-0.2, 0) is 30.3 Å². The first-order chi connectivity index (χ1) is 24.7. The molecular formula is C37H33N2O10S3+. The molecule has 0 spiro atoms. The third kappa shape index (κ3) is 6.98. The molecule has 268 valence electrons. The average Bonchev–Trinajstić information content (AvgIpc) is 3.13. The van der Waals surface area contributed by atoms with Gasteiger partial charge in [-0.2, -0.15) is 25.7 Å². The summed E-state index contributed by atoms with van der Waals surface area (Å²) in [5.74, 6) is 1.07. The first-order valence-corrected chi connectivity index (χ1v) is 20.5. The number of ether oxygens (including phenoxy) is 1. The normalized spacial score (nSPS) is 15.1. The lowest BCUT2D eigenvalue weighted by molar-refractivity contribution is 0.347. The van der Waals surface area contributed by atoms with Crippen LogP contribution in [0.2, 0.25) is 0 Å². The second kappa shape index (κ2) is 13.6. The maximum absolute atomic E-state index is 14.2. The van der Waals surface area contributed by atoms with Gasteiger partial charge in [0.05, 0.1) is 20.8 Å². The molecule has 0 aromatic heterocycles. The standard InChI is InChI=1S/C37H32N2O10S3/c1-38(25-9-15-29(16-10-25)51(42,43)44)26-11-19-31-34(23-26)49-35-24-28(48-27-12-17-30(18-13-27)52(45,46)47)14-20-32(35)37(31)33-7-3-4-8-36(33)50(40,41)39-21-5-2-6-22-39/h3-4,7-20,23-24H,2,5-6,21-22H2,1H3,(H-,42,43,44,45,46,47)/p+1. The maximum atomic E-state index is 14.2. The van der Waals surface area contributed by atoms with Crippen LogP contribution in [0.3, 0.4) is 0 Å². The van der Waals surface area contributed by atoms with Crippen LogP contribution >= 0.6 is 0 Å². The smallest absolute Gasteiger partial charge is 0.294 e. The van der Waals surface area contributed by atoms with Crippen LogP contribution in [0.5, 0.6) is 11.5 Å². The molecule has 1 saturated heterocycles. The van der Waals surface area contributed by atoms with Crippen molar-refractivity contribution in [1.82, 2.24) is 8.88 Å². The Hall–Kier alpha value is -4.90. The SMILES string of the molecule is C[N+](c1ccc(S(=O)(=O)O)cc1)=c1ccc2c(-c3ccccc3S(=O)(=O)N3CCCCC3)c3ccc(Oc4ccc(S(=O)(=O)O)cc4)cc3oc-2c1. The quantitative estimate of drug-likeness (QED) is 0.101. The van der Waals surface area contributed by atoms with E-state index in [9.17, 15) is 34.4 Å². The number of piperidine rings is 1. The largest absolute Gasteiger partial charge is 0.457 e. The van der Waals surface area contributed by atoms with E-state index >= 15 is 0 Å². The zero-order valence-electron chi connectivity index (χ0n) is 27.7. The average molecular weight is 762 g/mol. The van der Waals surface area contributed by atoms with E-state index in [0.29, 0.717) is 69.1 Å². The highest BCUT2D eigenvalue weighted by molar-refractivity contribution is 7.89. The third-order valence-electron chi connectivity index (χ3n) is 9.03. The summed E-state index contributed by atoms with van der Waals surface area (Å²) >= 11 is 0. The minimum atomic E-state index is -4.38. The van der Waals surface area contributed by atoms with Gasteiger partial charge < -0.3 is 9.15 Å². The number of hydrogen-bond acceptors (Lipinski definition) is 8. The molecule has 2 heterocycles. The van der Waals surface area contributed by atoms with E-state index in [2.05, 4.69) is 0 Å². The molecule has 15 heteroatoms. The second-order valence-corrected chi connectivity index (χ2v) is 17.1. The summed E-state index contributed by atoms with van der Waals surface area (Å²) in [5, 5.41) is 1.28. The van der Waals surface area contributed by atoms with E-state index in [-0.39, 0.29) is 14.7 Å². The molecule has 0 radical (unpaired) electrons. The fourth-order valence-electron chi connectivity index (χ4n) is 6.37. The molecule has 2 N–H and O–H groups in total. The van der Waals surface area contributed by atoms with E-state index in [0.717, 1.165) is 19.3 Å². The first kappa shape index (κ1) is 35.5. The number of fused-ring (bicyclic) bond motifs is 2. The third-order valence-corrected chi connectivity index (χ3v) is 12.7. The van der Waals surface area contributed by atoms with Gasteiger partial charge in [-0.3, -0.25) is 9.11 Å². The molecule has 12 nitrogen and oxygen atoms in total. The Morgan fingerprint density at radius 1 is 0.673 bits per heavy atom. The minimum absolute atomic E-state index is 0.171. The van der Waals surface area contributed by atoms with E-state index in [1.165, 1.54) is 40.7 Å². The van der Waals surface area contributed by atoms with Crippen molar-refractivity contribution in [3.63, 3.8) is 0 Å². The van der Waals surface area contributed by atoms with Crippen molar-refractivity contribution in [3.8, 4) is 33.9 Å². The van der Waals surface area contributed by atoms with Crippen molar-refractivity contribution < 1.29 is 43.5 Å². The van der Waals surface area contributed by atoms with Gasteiger partial charge >= 0.3 is 0 Å². The van der Waals surface area contributed by atoms with Gasteiger partial charge in [-0.1, -0.05) is 24.6 Å². The lowest BCUT2D eigenvalue weighted by Crippen LogP contribution is -2.35. The highest BCUT2D eigenvalue weighted by Crippen LogP contribution is 2.44. The molecule has 4 aromatic carbocycles. The molecule has 3 aliphatic rings. The molecular weight excluding hydrogens is 729 g/mol. The van der Waals surface area contributed by atoms with Crippen molar-refractivity contribution in [2.45, 2.75) is 33.9 Å². The summed E-state index contributed by atoms with van der Waals surface area (Å²) in [6, 6.07) is 28.5. The molecule has 1 fully saturated rings. The van der Waals surface area contributed by atoms with Gasteiger partial charge in [0.15, 0.2) is 0 Å². The molecule has 0 saturated carbocycles. The molecule has 0 bridgehead atoms. The second-order valence-electron chi connectivity index (χ2n) is 12.4. The summed E-state index contributed by atoms with van der Waals surface area (Å²) in [5.41, 5.74) is 2.76. The van der Waals surface area contributed by atoms with E-state index in [1.54, 1.807) is 72.3 Å². The van der Waals surface area contributed by atoms with Crippen LogP contribution in [0.25, 0.3) is 33.4 Å². The summed E-state index contributed by atoms with van der Waals surface area (Å²) < 4.78 is 109. The monoisotopic (exact) mass is 761 g/mol. The molecule has 1 aliphatic carbocycles. The first-order valence-electron chi connectivity index (χ1n) is 16.2. The zero-order chi connectivity index (χ0) is 36.8. The number of benzene rings is 5. The van der Waals surface area contributed by atoms with E-state index in [1.807, 2.05) is 12.1 Å². The Labute approximate surface area is 300 Å². The highest BCUT2D eigenvalue weighted by Gasteiger charge is 2.30. The van der Waals surface area contributed by atoms with Crippen LogP contribution in [0, 0.1) is 0 Å². The predicted molar refractivity (Wildman–Crippen MR) is 194 cm³/mol. The van der Waals surface area contributed by atoms with Crippen LogP contribution in [0.15, 0.2) is 128 Å². The lowest BCUT2D eigenvalue weighted by atomic mass is 9.93. The molecule has 7 rings (SSSR count). The molecule has 0 atom stereocenters. The fourth-order valence-corrected chi connectivity index (χ4v) is 9.05. The molecule has 52 heavy (non-hydrogen) atoms. The van der Waals surface area contributed by atoms with Crippen molar-refractivity contribution in [3.05, 3.63) is 115 Å². The van der Waals surface area contributed by atoms with Gasteiger partial charge in [-0.15, -0.1) is 0 Å². The van der Waals surface area contributed by atoms with Gasteiger partial charge in [-0.05, 0) is 73.5 Å². The van der Waals surface area contributed by atoms with Crippen LogP contribution in [-0.4, -0.2) is 58.8 Å². The predicted octanol–water partition coefficient (Wildman–Crippen LogP) is 6.40. The van der Waals surface area contributed by atoms with Gasteiger partial charge in [0, 0.05) is 59.4 Å². The van der Waals surface area contributed by atoms with Crippen molar-refractivity contribution in [2.24, 2.45) is 0 Å². The lowest BCUT2D eigenvalue weighted by Gasteiger charge is -2.27. The number of hydrogen-bond donors (Lipinski definition) is 2. The zero-order valence-corrected chi connectivity index (χ0v) is 30.2. The topological polar surface area (TPSA) is 171 Å². The highest BCUT2D eigenvalue weighted by atomic mass is 32.2. The number of nitrogens with zero attached hydrogens (tertiary/aromatic N) is 2. The van der Waals surface area contributed by atoms with Gasteiger partial charge in [-0.25, -0.2) is 8.42 Å². The Balaban J connectivity index is 1.42. The van der Waals surface area contributed by atoms with Crippen molar-refractivity contribution >= 4 is 46.9 Å². The van der Waals surface area contributed by atoms with Crippen LogP contribution in [0.4, 0.5) is 5.69 Å². The Bertz CT molecular complexity index is 2700. The molecule has 0 unspecified atom stereocenters. The van der Waals surface area contributed by atoms with Gasteiger partial charge in [0.25, 0.3) is 20.2 Å². The minimum Gasteiger partial charge on any atom is -0.457 e. The van der Waals surface area contributed by atoms with Gasteiger partial charge in [0.2, 0.25) is 21.1 Å². The summed E-state index contributed by atoms with van der Waals surface area (Å²) in [6.45, 7) is 0.879. The summed E-state index contributed by atoms with van der Waals surface area (Å²) in [6.07, 6.45) is 2.54. The number of sulfonamides is 1. The Kier molecular flexibility index (Phi) is 9.27. The molecule has 0 amide bonds. The Morgan fingerprint density at radius 3 is 1.94 bits per heavy atom. The maximum Gasteiger partial charge on any atom is 0.294 e. The van der Waals surface area contributed by atoms with Crippen LogP contribution < -0.4 is 14.7 Å². The van der Waals surface area contributed by atoms with Gasteiger partial charge in [0.1, 0.15) is 29.9 Å². The van der Waals surface area contributed by atoms with Crippen LogP contribution in [0.1, 0.15) is 19.3 Å². The van der Waals surface area contributed by atoms with Crippen molar-refractivity contribution in [1.29, 1.82) is 0 Å². The summed E-state index contributed by atoms with van der Waals surface area (Å²) in [4.78, 5) is -0.345. The molecule has 4 aromatic rings.